The van der Waals surface area contributed by atoms with E-state index >= 15 is 0 Å². The smallest absolute Gasteiger partial charge is 0.243 e. The molecule has 1 aliphatic heterocycles. The number of carbonyl (C=O) groups is 1. The van der Waals surface area contributed by atoms with E-state index in [1.165, 1.54) is 16.4 Å². The summed E-state index contributed by atoms with van der Waals surface area (Å²) >= 11 is 0. The molecule has 27 heavy (non-hydrogen) atoms. The van der Waals surface area contributed by atoms with Crippen LogP contribution in [-0.4, -0.2) is 44.7 Å². The van der Waals surface area contributed by atoms with Crippen LogP contribution in [0, 0.1) is 0 Å². The van der Waals surface area contributed by atoms with Crippen LogP contribution in [0.25, 0.3) is 0 Å². The molecule has 2 aromatic carbocycles. The first-order chi connectivity index (χ1) is 13.0. The van der Waals surface area contributed by atoms with E-state index in [0.29, 0.717) is 31.0 Å². The number of carbonyl (C=O) groups excluding carboxylic acids is 1. The van der Waals surface area contributed by atoms with E-state index < -0.39 is 10.0 Å². The third kappa shape index (κ3) is 4.48. The highest BCUT2D eigenvalue weighted by molar-refractivity contribution is 7.89. The third-order valence-electron chi connectivity index (χ3n) is 4.51. The molecule has 1 fully saturated rings. The highest BCUT2D eigenvalue weighted by Crippen LogP contribution is 2.24. The van der Waals surface area contributed by atoms with E-state index in [2.05, 4.69) is 5.32 Å². The lowest BCUT2D eigenvalue weighted by Gasteiger charge is -2.15. The molecule has 6 nitrogen and oxygen atoms in total. The van der Waals surface area contributed by atoms with E-state index in [9.17, 15) is 13.2 Å². The Balaban J connectivity index is 1.66. The lowest BCUT2D eigenvalue weighted by molar-refractivity contribution is 0.101. The number of nitrogens with zero attached hydrogens (tertiary/aromatic N) is 1. The van der Waals surface area contributed by atoms with Crippen molar-refractivity contribution in [2.75, 3.05) is 31.6 Å². The Morgan fingerprint density at radius 3 is 2.41 bits per heavy atom. The number of hydrogen-bond donors (Lipinski definition) is 1. The zero-order valence-corrected chi connectivity index (χ0v) is 16.2. The number of ether oxygens (including phenoxy) is 1. The Morgan fingerprint density at radius 1 is 1.07 bits per heavy atom. The number of rotatable bonds is 8. The second kappa shape index (κ2) is 8.54. The van der Waals surface area contributed by atoms with Crippen molar-refractivity contribution in [2.24, 2.45) is 0 Å². The molecule has 0 spiro atoms. The lowest BCUT2D eigenvalue weighted by atomic mass is 10.1. The minimum Gasteiger partial charge on any atom is -0.492 e. The number of anilines is 1. The van der Waals surface area contributed by atoms with E-state index in [1.54, 1.807) is 12.1 Å². The van der Waals surface area contributed by atoms with Gasteiger partial charge < -0.3 is 10.1 Å². The highest BCUT2D eigenvalue weighted by atomic mass is 32.2. The maximum atomic E-state index is 12.5. The minimum atomic E-state index is -3.46. The van der Waals surface area contributed by atoms with E-state index in [-0.39, 0.29) is 17.2 Å². The topological polar surface area (TPSA) is 75.7 Å². The molecule has 1 heterocycles. The summed E-state index contributed by atoms with van der Waals surface area (Å²) in [5, 5.41) is 3.08. The summed E-state index contributed by atoms with van der Waals surface area (Å²) in [7, 11) is -3.46. The summed E-state index contributed by atoms with van der Waals surface area (Å²) in [6.45, 7) is 3.67. The quantitative estimate of drug-likeness (QED) is 0.703. The van der Waals surface area contributed by atoms with Crippen molar-refractivity contribution >= 4 is 21.5 Å². The average Bonchev–Trinajstić information content (AvgIpc) is 3.23. The van der Waals surface area contributed by atoms with Gasteiger partial charge in [0.1, 0.15) is 5.75 Å². The normalized spacial score (nSPS) is 14.9. The number of ketones is 1. The van der Waals surface area contributed by atoms with Crippen molar-refractivity contribution in [3.05, 3.63) is 54.1 Å². The maximum Gasteiger partial charge on any atom is 0.243 e. The minimum absolute atomic E-state index is 0.0995. The van der Waals surface area contributed by atoms with Crippen LogP contribution >= 0.6 is 0 Å². The Bertz CT molecular complexity index is 888. The molecule has 0 saturated carbocycles. The van der Waals surface area contributed by atoms with Gasteiger partial charge in [-0.05, 0) is 56.2 Å². The Kier molecular flexibility index (Phi) is 6.13. The number of sulfonamides is 1. The molecule has 0 amide bonds. The second-order valence-electron chi connectivity index (χ2n) is 6.34. The fraction of sp³-hybridized carbons (Fsp3) is 0.350. The SMILES string of the molecule is CCOc1ccccc1NCC(=O)c1ccc(S(=O)(=O)N2CCCC2)cc1. The van der Waals surface area contributed by atoms with Gasteiger partial charge in [0.05, 0.1) is 23.7 Å². The summed E-state index contributed by atoms with van der Waals surface area (Å²) in [5.74, 6) is 0.575. The van der Waals surface area contributed by atoms with Gasteiger partial charge in [0.25, 0.3) is 0 Å². The Labute approximate surface area is 160 Å². The molecule has 0 atom stereocenters. The van der Waals surface area contributed by atoms with Gasteiger partial charge in [0.15, 0.2) is 5.78 Å². The van der Waals surface area contributed by atoms with Crippen molar-refractivity contribution in [1.29, 1.82) is 0 Å². The number of para-hydroxylation sites is 2. The molecule has 7 heteroatoms. The average molecular weight is 388 g/mol. The predicted octanol–water partition coefficient (Wildman–Crippen LogP) is 3.16. The maximum absolute atomic E-state index is 12.5. The highest BCUT2D eigenvalue weighted by Gasteiger charge is 2.27. The largest absolute Gasteiger partial charge is 0.492 e. The van der Waals surface area contributed by atoms with Crippen molar-refractivity contribution in [3.63, 3.8) is 0 Å². The van der Waals surface area contributed by atoms with Crippen molar-refractivity contribution in [1.82, 2.24) is 4.31 Å². The first kappa shape index (κ1) is 19.4. The molecular weight excluding hydrogens is 364 g/mol. The zero-order valence-electron chi connectivity index (χ0n) is 15.3. The molecule has 3 rings (SSSR count). The fourth-order valence-electron chi connectivity index (χ4n) is 3.06. The van der Waals surface area contributed by atoms with E-state index in [1.807, 2.05) is 31.2 Å². The van der Waals surface area contributed by atoms with Crippen LogP contribution < -0.4 is 10.1 Å². The number of nitrogens with one attached hydrogen (secondary N) is 1. The van der Waals surface area contributed by atoms with Crippen LogP contribution in [0.2, 0.25) is 0 Å². The Morgan fingerprint density at radius 2 is 1.74 bits per heavy atom. The molecule has 0 unspecified atom stereocenters. The standard InChI is InChI=1S/C20H24N2O4S/c1-2-26-20-8-4-3-7-18(20)21-15-19(23)16-9-11-17(12-10-16)27(24,25)22-13-5-6-14-22/h3-4,7-12,21H,2,5-6,13-15H2,1H3. The number of benzene rings is 2. The second-order valence-corrected chi connectivity index (χ2v) is 8.28. The first-order valence-corrected chi connectivity index (χ1v) is 10.6. The molecule has 0 aliphatic carbocycles. The third-order valence-corrected chi connectivity index (χ3v) is 6.42. The van der Waals surface area contributed by atoms with Crippen LogP contribution in [0.1, 0.15) is 30.1 Å². The molecule has 1 aliphatic rings. The van der Waals surface area contributed by atoms with Gasteiger partial charge in [0, 0.05) is 18.7 Å². The molecule has 0 bridgehead atoms. The van der Waals surface area contributed by atoms with Gasteiger partial charge >= 0.3 is 0 Å². The van der Waals surface area contributed by atoms with Crippen LogP contribution in [0.5, 0.6) is 5.75 Å². The fourth-order valence-corrected chi connectivity index (χ4v) is 4.58. The number of Topliss-reactive ketones (excluding diaryl/α,β-unsaturated/α-hetero) is 1. The van der Waals surface area contributed by atoms with Crippen LogP contribution in [0.4, 0.5) is 5.69 Å². The summed E-state index contributed by atoms with van der Waals surface area (Å²) in [6, 6.07) is 13.6. The van der Waals surface area contributed by atoms with Gasteiger partial charge in [-0.2, -0.15) is 4.31 Å². The van der Waals surface area contributed by atoms with Gasteiger partial charge in [-0.3, -0.25) is 4.79 Å². The molecule has 0 radical (unpaired) electrons. The van der Waals surface area contributed by atoms with Gasteiger partial charge in [-0.1, -0.05) is 12.1 Å². The summed E-state index contributed by atoms with van der Waals surface area (Å²) < 4.78 is 32.1. The summed E-state index contributed by atoms with van der Waals surface area (Å²) in [4.78, 5) is 12.7. The van der Waals surface area contributed by atoms with Crippen molar-refractivity contribution in [2.45, 2.75) is 24.7 Å². The van der Waals surface area contributed by atoms with E-state index in [0.717, 1.165) is 18.5 Å². The summed E-state index contributed by atoms with van der Waals surface area (Å²) in [5.41, 5.74) is 1.22. The van der Waals surface area contributed by atoms with Gasteiger partial charge in [-0.15, -0.1) is 0 Å². The Hall–Kier alpha value is -2.38. The molecule has 144 valence electrons. The number of hydrogen-bond acceptors (Lipinski definition) is 5. The van der Waals surface area contributed by atoms with Gasteiger partial charge in [0.2, 0.25) is 10.0 Å². The molecule has 1 saturated heterocycles. The first-order valence-electron chi connectivity index (χ1n) is 9.11. The van der Waals surface area contributed by atoms with Crippen LogP contribution in [-0.2, 0) is 10.0 Å². The van der Waals surface area contributed by atoms with E-state index in [4.69, 9.17) is 4.74 Å². The molecule has 2 aromatic rings. The summed E-state index contributed by atoms with van der Waals surface area (Å²) in [6.07, 6.45) is 1.79. The zero-order chi connectivity index (χ0) is 19.3. The van der Waals surface area contributed by atoms with Crippen LogP contribution in [0.3, 0.4) is 0 Å². The lowest BCUT2D eigenvalue weighted by Crippen LogP contribution is -2.27. The van der Waals surface area contributed by atoms with Crippen molar-refractivity contribution in [3.8, 4) is 5.75 Å². The predicted molar refractivity (Wildman–Crippen MR) is 105 cm³/mol. The van der Waals surface area contributed by atoms with Gasteiger partial charge in [-0.25, -0.2) is 8.42 Å². The monoisotopic (exact) mass is 388 g/mol. The molecule has 0 aromatic heterocycles. The van der Waals surface area contributed by atoms with Crippen molar-refractivity contribution < 1.29 is 17.9 Å². The molecular formula is C20H24N2O4S. The molecule has 1 N–H and O–H groups in total. The van der Waals surface area contributed by atoms with Crippen LogP contribution in [0.15, 0.2) is 53.4 Å².